The smallest absolute Gasteiger partial charge is 0.339 e. The quantitative estimate of drug-likeness (QED) is 0.597. The van der Waals surface area contributed by atoms with Crippen LogP contribution >= 0.6 is 0 Å². The van der Waals surface area contributed by atoms with E-state index in [2.05, 4.69) is 6.92 Å². The number of rotatable bonds is 9. The first-order valence-corrected chi connectivity index (χ1v) is 7.84. The zero-order chi connectivity index (χ0) is 15.9. The van der Waals surface area contributed by atoms with Crippen molar-refractivity contribution >= 4 is 5.97 Å². The van der Waals surface area contributed by atoms with Gasteiger partial charge in [-0.05, 0) is 25.1 Å². The summed E-state index contributed by atoms with van der Waals surface area (Å²) in [5.74, 6) is -1.31. The number of nitrogens with two attached hydrogens (primary N) is 1. The fraction of sp³-hybridized carbons (Fsp3) is 0.588. The average molecular weight is 295 g/mol. The van der Waals surface area contributed by atoms with Crippen LogP contribution in [-0.2, 0) is 0 Å². The van der Waals surface area contributed by atoms with Gasteiger partial charge in [0.25, 0.3) is 0 Å². The molecule has 0 aromatic heterocycles. The van der Waals surface area contributed by atoms with E-state index in [-0.39, 0.29) is 11.3 Å². The Labute approximate surface area is 128 Å². The first-order chi connectivity index (χ1) is 10.1. The van der Waals surface area contributed by atoms with Gasteiger partial charge in [-0.25, -0.2) is 4.79 Å². The second-order valence-corrected chi connectivity index (χ2v) is 5.09. The molecule has 0 saturated heterocycles. The summed E-state index contributed by atoms with van der Waals surface area (Å²) in [6.45, 7) is 3.13. The molecule has 0 unspecified atom stereocenters. The number of para-hydroxylation sites is 1. The molecule has 0 spiro atoms. The molecule has 1 rings (SSSR count). The van der Waals surface area contributed by atoms with Crippen molar-refractivity contribution in [3.05, 3.63) is 29.8 Å². The minimum atomic E-state index is -1.11. The maximum atomic E-state index is 10.3. The Hall–Kier alpha value is -1.55. The molecule has 4 N–H and O–H groups in total. The monoisotopic (exact) mass is 295 g/mol. The highest BCUT2D eigenvalue weighted by Crippen LogP contribution is 2.14. The highest BCUT2D eigenvalue weighted by molar-refractivity contribution is 5.90. The van der Waals surface area contributed by atoms with Gasteiger partial charge in [0, 0.05) is 0 Å². The third-order valence-corrected chi connectivity index (χ3v) is 3.19. The van der Waals surface area contributed by atoms with E-state index in [1.54, 1.807) is 12.1 Å². The molecule has 0 aliphatic rings. The average Bonchev–Trinajstić information content (AvgIpc) is 2.47. The van der Waals surface area contributed by atoms with E-state index >= 15 is 0 Å². The van der Waals surface area contributed by atoms with Crippen LogP contribution < -0.4 is 5.73 Å². The van der Waals surface area contributed by atoms with Gasteiger partial charge in [-0.2, -0.15) is 0 Å². The van der Waals surface area contributed by atoms with Gasteiger partial charge in [-0.3, -0.25) is 0 Å². The predicted octanol–water partition coefficient (Wildman–Crippen LogP) is 4.18. The van der Waals surface area contributed by atoms with Crippen LogP contribution in [0.25, 0.3) is 0 Å². The van der Waals surface area contributed by atoms with Gasteiger partial charge in [0.05, 0.1) is 0 Å². The molecule has 0 heterocycles. The van der Waals surface area contributed by atoms with Crippen molar-refractivity contribution in [2.24, 2.45) is 5.73 Å². The first-order valence-electron chi connectivity index (χ1n) is 7.84. The SMILES string of the molecule is CCCCCCCCCCN.O=C(O)c1ccccc1O. The van der Waals surface area contributed by atoms with Gasteiger partial charge in [0.2, 0.25) is 0 Å². The summed E-state index contributed by atoms with van der Waals surface area (Å²) in [5, 5.41) is 17.3. The van der Waals surface area contributed by atoms with Crippen molar-refractivity contribution in [3.63, 3.8) is 0 Å². The van der Waals surface area contributed by atoms with Gasteiger partial charge in [0.15, 0.2) is 0 Å². The molecular formula is C17H29NO3. The van der Waals surface area contributed by atoms with Gasteiger partial charge >= 0.3 is 5.97 Å². The van der Waals surface area contributed by atoms with Crippen molar-refractivity contribution in [1.82, 2.24) is 0 Å². The van der Waals surface area contributed by atoms with E-state index in [9.17, 15) is 4.79 Å². The molecule has 0 saturated carbocycles. The highest BCUT2D eigenvalue weighted by Gasteiger charge is 2.05. The lowest BCUT2D eigenvalue weighted by atomic mass is 10.1. The summed E-state index contributed by atoms with van der Waals surface area (Å²) >= 11 is 0. The van der Waals surface area contributed by atoms with E-state index in [0.29, 0.717) is 0 Å². The van der Waals surface area contributed by atoms with Crippen LogP contribution in [0, 0.1) is 0 Å². The summed E-state index contributed by atoms with van der Waals surface area (Å²) in [7, 11) is 0. The molecule has 0 amide bonds. The van der Waals surface area contributed by atoms with Crippen LogP contribution in [0.1, 0.15) is 68.6 Å². The number of aromatic hydroxyl groups is 1. The van der Waals surface area contributed by atoms with Crippen LogP contribution in [-0.4, -0.2) is 22.7 Å². The molecule has 0 aliphatic heterocycles. The number of phenols is 1. The zero-order valence-electron chi connectivity index (χ0n) is 13.1. The number of carbonyl (C=O) groups is 1. The van der Waals surface area contributed by atoms with Gasteiger partial charge in [-0.1, -0.05) is 64.0 Å². The Morgan fingerprint density at radius 1 is 1.00 bits per heavy atom. The fourth-order valence-corrected chi connectivity index (χ4v) is 1.93. The Morgan fingerprint density at radius 2 is 1.52 bits per heavy atom. The molecule has 4 heteroatoms. The number of hydrogen-bond acceptors (Lipinski definition) is 3. The maximum Gasteiger partial charge on any atom is 0.339 e. The lowest BCUT2D eigenvalue weighted by Crippen LogP contribution is -1.97. The third kappa shape index (κ3) is 10.9. The molecule has 0 atom stereocenters. The molecular weight excluding hydrogens is 266 g/mol. The topological polar surface area (TPSA) is 83.6 Å². The minimum Gasteiger partial charge on any atom is -0.507 e. The second kappa shape index (κ2) is 13.4. The summed E-state index contributed by atoms with van der Waals surface area (Å²) in [6, 6.07) is 5.81. The highest BCUT2D eigenvalue weighted by atomic mass is 16.4. The van der Waals surface area contributed by atoms with Crippen LogP contribution in [0.4, 0.5) is 0 Å². The number of unbranched alkanes of at least 4 members (excludes halogenated alkanes) is 7. The van der Waals surface area contributed by atoms with Crippen LogP contribution in [0.5, 0.6) is 5.75 Å². The first kappa shape index (κ1) is 19.4. The largest absolute Gasteiger partial charge is 0.507 e. The van der Waals surface area contributed by atoms with Crippen LogP contribution in [0.3, 0.4) is 0 Å². The van der Waals surface area contributed by atoms with E-state index in [1.807, 2.05) is 0 Å². The molecule has 0 bridgehead atoms. The van der Waals surface area contributed by atoms with Gasteiger partial charge < -0.3 is 15.9 Å². The maximum absolute atomic E-state index is 10.3. The van der Waals surface area contributed by atoms with Gasteiger partial charge in [-0.15, -0.1) is 0 Å². The van der Waals surface area contributed by atoms with Crippen molar-refractivity contribution < 1.29 is 15.0 Å². The van der Waals surface area contributed by atoms with Crippen LogP contribution in [0.2, 0.25) is 0 Å². The Morgan fingerprint density at radius 3 is 1.95 bits per heavy atom. The second-order valence-electron chi connectivity index (χ2n) is 5.09. The van der Waals surface area contributed by atoms with Crippen molar-refractivity contribution in [2.45, 2.75) is 58.3 Å². The standard InChI is InChI=1S/C10H23N.C7H6O3/c1-2-3-4-5-6-7-8-9-10-11;8-6-4-2-1-3-5(6)7(9)10/h2-11H2,1H3;1-4,8H,(H,9,10). The molecule has 1 aromatic rings. The Bertz CT molecular complexity index is 372. The van der Waals surface area contributed by atoms with E-state index in [1.165, 1.54) is 63.5 Å². The number of carboxylic acids is 1. The number of hydrogen-bond donors (Lipinski definition) is 3. The lowest BCUT2D eigenvalue weighted by molar-refractivity contribution is 0.0693. The molecule has 4 nitrogen and oxygen atoms in total. The third-order valence-electron chi connectivity index (χ3n) is 3.19. The molecule has 0 fully saturated rings. The minimum absolute atomic E-state index is 0.0671. The van der Waals surface area contributed by atoms with Crippen molar-refractivity contribution in [2.75, 3.05) is 6.54 Å². The molecule has 0 radical (unpaired) electrons. The van der Waals surface area contributed by atoms with Gasteiger partial charge in [0.1, 0.15) is 11.3 Å². The normalized spacial score (nSPS) is 9.81. The molecule has 120 valence electrons. The van der Waals surface area contributed by atoms with E-state index in [4.69, 9.17) is 15.9 Å². The lowest BCUT2D eigenvalue weighted by Gasteiger charge is -1.99. The Kier molecular flexibility index (Phi) is 12.4. The number of aromatic carboxylic acids is 1. The zero-order valence-corrected chi connectivity index (χ0v) is 13.1. The fourth-order valence-electron chi connectivity index (χ4n) is 1.93. The summed E-state index contributed by atoms with van der Waals surface area (Å²) in [5.41, 5.74) is 5.32. The molecule has 21 heavy (non-hydrogen) atoms. The summed E-state index contributed by atoms with van der Waals surface area (Å²) in [6.07, 6.45) is 11.0. The summed E-state index contributed by atoms with van der Waals surface area (Å²) < 4.78 is 0. The molecule has 0 aliphatic carbocycles. The van der Waals surface area contributed by atoms with E-state index in [0.717, 1.165) is 6.54 Å². The molecule has 1 aromatic carbocycles. The van der Waals surface area contributed by atoms with Crippen LogP contribution in [0.15, 0.2) is 24.3 Å². The number of carboxylic acid groups (broad SMARTS) is 1. The summed E-state index contributed by atoms with van der Waals surface area (Å²) in [4.78, 5) is 10.3. The predicted molar refractivity (Wildman–Crippen MR) is 86.7 cm³/mol. The Balaban J connectivity index is 0.000000382. The van der Waals surface area contributed by atoms with E-state index < -0.39 is 5.97 Å². The van der Waals surface area contributed by atoms with Crippen molar-refractivity contribution in [1.29, 1.82) is 0 Å². The number of benzene rings is 1. The van der Waals surface area contributed by atoms with Crippen molar-refractivity contribution in [3.8, 4) is 5.75 Å².